The van der Waals surface area contributed by atoms with Crippen LogP contribution in [0.1, 0.15) is 6.42 Å². The normalized spacial score (nSPS) is 10.6. The lowest BCUT2D eigenvalue weighted by atomic mass is 10.2. The molecule has 5 heteroatoms. The SMILES string of the molecule is C=CCCOc1nc(-c2ccccc2)nn2ccnc12. The van der Waals surface area contributed by atoms with Crippen LogP contribution in [0.15, 0.2) is 55.4 Å². The number of fused-ring (bicyclic) bond motifs is 1. The molecule has 20 heavy (non-hydrogen) atoms. The second-order valence-electron chi connectivity index (χ2n) is 4.23. The average molecular weight is 266 g/mol. The van der Waals surface area contributed by atoms with E-state index < -0.39 is 0 Å². The third kappa shape index (κ3) is 2.38. The Labute approximate surface area is 116 Å². The van der Waals surface area contributed by atoms with Gasteiger partial charge in [0.2, 0.25) is 5.65 Å². The van der Waals surface area contributed by atoms with Crippen molar-refractivity contribution in [3.8, 4) is 17.3 Å². The number of imidazole rings is 1. The number of hydrogen-bond donors (Lipinski definition) is 0. The van der Waals surface area contributed by atoms with Crippen molar-refractivity contribution < 1.29 is 4.74 Å². The van der Waals surface area contributed by atoms with Crippen LogP contribution in [0.5, 0.6) is 5.88 Å². The van der Waals surface area contributed by atoms with Crippen LogP contribution in [0.25, 0.3) is 17.0 Å². The molecule has 2 heterocycles. The van der Waals surface area contributed by atoms with Crippen LogP contribution in [-0.4, -0.2) is 26.2 Å². The van der Waals surface area contributed by atoms with Crippen molar-refractivity contribution >= 4 is 5.65 Å². The van der Waals surface area contributed by atoms with Gasteiger partial charge in [-0.05, 0) is 6.42 Å². The first-order chi connectivity index (χ1) is 9.88. The highest BCUT2D eigenvalue weighted by atomic mass is 16.5. The highest BCUT2D eigenvalue weighted by Gasteiger charge is 2.11. The molecular weight excluding hydrogens is 252 g/mol. The Bertz CT molecular complexity index is 721. The monoisotopic (exact) mass is 266 g/mol. The van der Waals surface area contributed by atoms with Crippen LogP contribution >= 0.6 is 0 Å². The van der Waals surface area contributed by atoms with E-state index in [0.29, 0.717) is 24.0 Å². The van der Waals surface area contributed by atoms with Crippen molar-refractivity contribution in [3.63, 3.8) is 0 Å². The molecule has 0 radical (unpaired) electrons. The molecule has 0 saturated carbocycles. The first-order valence-corrected chi connectivity index (χ1v) is 6.39. The van der Waals surface area contributed by atoms with Crippen molar-refractivity contribution in [2.75, 3.05) is 6.61 Å². The van der Waals surface area contributed by atoms with Gasteiger partial charge in [0.25, 0.3) is 5.88 Å². The van der Waals surface area contributed by atoms with Gasteiger partial charge >= 0.3 is 0 Å². The third-order valence-electron chi connectivity index (χ3n) is 2.82. The van der Waals surface area contributed by atoms with E-state index in [4.69, 9.17) is 4.74 Å². The van der Waals surface area contributed by atoms with Crippen LogP contribution in [-0.2, 0) is 0 Å². The zero-order valence-corrected chi connectivity index (χ0v) is 10.9. The van der Waals surface area contributed by atoms with Crippen molar-refractivity contribution in [1.82, 2.24) is 19.6 Å². The molecule has 0 aliphatic heterocycles. The van der Waals surface area contributed by atoms with E-state index in [0.717, 1.165) is 12.0 Å². The number of nitrogens with zero attached hydrogens (tertiary/aromatic N) is 4. The Morgan fingerprint density at radius 1 is 1.25 bits per heavy atom. The molecule has 1 aromatic carbocycles. The van der Waals surface area contributed by atoms with E-state index in [2.05, 4.69) is 21.6 Å². The highest BCUT2D eigenvalue weighted by Crippen LogP contribution is 2.20. The number of benzene rings is 1. The fourth-order valence-electron chi connectivity index (χ4n) is 1.85. The lowest BCUT2D eigenvalue weighted by Gasteiger charge is -2.07. The van der Waals surface area contributed by atoms with Gasteiger partial charge in [-0.25, -0.2) is 9.50 Å². The lowest BCUT2D eigenvalue weighted by molar-refractivity contribution is 0.313. The lowest BCUT2D eigenvalue weighted by Crippen LogP contribution is -2.05. The van der Waals surface area contributed by atoms with E-state index in [1.807, 2.05) is 36.4 Å². The van der Waals surface area contributed by atoms with Crippen molar-refractivity contribution in [2.24, 2.45) is 0 Å². The maximum atomic E-state index is 5.67. The molecule has 3 rings (SSSR count). The minimum Gasteiger partial charge on any atom is -0.475 e. The molecule has 5 nitrogen and oxygen atoms in total. The van der Waals surface area contributed by atoms with E-state index in [-0.39, 0.29) is 0 Å². The van der Waals surface area contributed by atoms with E-state index >= 15 is 0 Å². The highest BCUT2D eigenvalue weighted by molar-refractivity contribution is 5.58. The number of aromatic nitrogens is 4. The van der Waals surface area contributed by atoms with Gasteiger partial charge in [-0.15, -0.1) is 11.7 Å². The maximum Gasteiger partial charge on any atom is 0.261 e. The Morgan fingerprint density at radius 2 is 2.10 bits per heavy atom. The summed E-state index contributed by atoms with van der Waals surface area (Å²) in [5, 5.41) is 4.44. The van der Waals surface area contributed by atoms with Crippen molar-refractivity contribution in [3.05, 3.63) is 55.4 Å². The largest absolute Gasteiger partial charge is 0.475 e. The summed E-state index contributed by atoms with van der Waals surface area (Å²) >= 11 is 0. The summed E-state index contributed by atoms with van der Waals surface area (Å²) in [7, 11) is 0. The Morgan fingerprint density at radius 3 is 2.90 bits per heavy atom. The van der Waals surface area contributed by atoms with Gasteiger partial charge in [0.05, 0.1) is 6.61 Å². The minimum atomic E-state index is 0.491. The number of hydrogen-bond acceptors (Lipinski definition) is 4. The Hall–Kier alpha value is -2.69. The van der Waals surface area contributed by atoms with Crippen LogP contribution < -0.4 is 4.74 Å². The van der Waals surface area contributed by atoms with Gasteiger partial charge in [-0.1, -0.05) is 36.4 Å². The van der Waals surface area contributed by atoms with Crippen LogP contribution in [0.4, 0.5) is 0 Å². The number of ether oxygens (including phenoxy) is 1. The molecule has 0 atom stereocenters. The van der Waals surface area contributed by atoms with Crippen LogP contribution in [0.3, 0.4) is 0 Å². The first-order valence-electron chi connectivity index (χ1n) is 6.39. The maximum absolute atomic E-state index is 5.67. The molecule has 0 amide bonds. The predicted octanol–water partition coefficient (Wildman–Crippen LogP) is 2.75. The topological polar surface area (TPSA) is 52.3 Å². The second kappa shape index (κ2) is 5.52. The molecular formula is C15H14N4O. The fourth-order valence-corrected chi connectivity index (χ4v) is 1.85. The molecule has 0 spiro atoms. The molecule has 0 unspecified atom stereocenters. The molecule has 3 aromatic rings. The van der Waals surface area contributed by atoms with E-state index in [1.54, 1.807) is 16.9 Å². The van der Waals surface area contributed by atoms with Gasteiger partial charge < -0.3 is 4.74 Å². The molecule has 0 fully saturated rings. The summed E-state index contributed by atoms with van der Waals surface area (Å²) in [4.78, 5) is 8.68. The summed E-state index contributed by atoms with van der Waals surface area (Å²) < 4.78 is 7.35. The predicted molar refractivity (Wildman–Crippen MR) is 76.5 cm³/mol. The van der Waals surface area contributed by atoms with Crippen LogP contribution in [0, 0.1) is 0 Å². The minimum absolute atomic E-state index is 0.491. The summed E-state index contributed by atoms with van der Waals surface area (Å²) in [6, 6.07) is 9.79. The van der Waals surface area contributed by atoms with Gasteiger partial charge in [-0.2, -0.15) is 4.98 Å². The Balaban J connectivity index is 2.03. The molecule has 0 aliphatic rings. The third-order valence-corrected chi connectivity index (χ3v) is 2.82. The van der Waals surface area contributed by atoms with Crippen molar-refractivity contribution in [1.29, 1.82) is 0 Å². The van der Waals surface area contributed by atoms with Crippen LogP contribution in [0.2, 0.25) is 0 Å². The summed E-state index contributed by atoms with van der Waals surface area (Å²) in [6.07, 6.45) is 6.03. The first kappa shape index (κ1) is 12.3. The summed E-state index contributed by atoms with van der Waals surface area (Å²) in [6.45, 7) is 4.20. The van der Waals surface area contributed by atoms with Gasteiger partial charge in [-0.3, -0.25) is 0 Å². The second-order valence-corrected chi connectivity index (χ2v) is 4.23. The van der Waals surface area contributed by atoms with E-state index in [1.165, 1.54) is 0 Å². The Kier molecular flexibility index (Phi) is 3.41. The molecule has 0 bridgehead atoms. The molecule has 100 valence electrons. The molecule has 0 aliphatic carbocycles. The van der Waals surface area contributed by atoms with Crippen molar-refractivity contribution in [2.45, 2.75) is 6.42 Å². The van der Waals surface area contributed by atoms with Gasteiger partial charge in [0.1, 0.15) is 0 Å². The number of rotatable bonds is 5. The standard InChI is InChI=1S/C15H14N4O/c1-2-3-11-20-15-14-16-9-10-19(14)18-13(17-15)12-7-5-4-6-8-12/h2,4-10H,1,3,11H2. The zero-order chi connectivity index (χ0) is 13.8. The molecule has 0 N–H and O–H groups in total. The summed E-state index contributed by atoms with van der Waals surface area (Å²) in [5.74, 6) is 1.11. The van der Waals surface area contributed by atoms with Gasteiger partial charge in [0.15, 0.2) is 5.82 Å². The molecule has 2 aromatic heterocycles. The molecule has 0 saturated heterocycles. The summed E-state index contributed by atoms with van der Waals surface area (Å²) in [5.41, 5.74) is 1.56. The fraction of sp³-hybridized carbons (Fsp3) is 0.133. The quantitative estimate of drug-likeness (QED) is 0.526. The van der Waals surface area contributed by atoms with E-state index in [9.17, 15) is 0 Å². The average Bonchev–Trinajstić information content (AvgIpc) is 2.97. The zero-order valence-electron chi connectivity index (χ0n) is 10.9. The smallest absolute Gasteiger partial charge is 0.261 e. The van der Waals surface area contributed by atoms with Gasteiger partial charge in [0, 0.05) is 18.0 Å².